The molecular weight excluding hydrogens is 330 g/mol. The van der Waals surface area contributed by atoms with Crippen molar-refractivity contribution in [2.45, 2.75) is 45.6 Å². The SMILES string of the molecule is CC(C)NC(=O)C(=O)N1CCN(C(=O)Cc2ccc3c(c2)CCC3)CC1. The van der Waals surface area contributed by atoms with E-state index >= 15 is 0 Å². The maximum Gasteiger partial charge on any atom is 0.312 e. The predicted octanol–water partition coefficient (Wildman–Crippen LogP) is 0.913. The Kier molecular flexibility index (Phi) is 5.59. The van der Waals surface area contributed by atoms with E-state index in [-0.39, 0.29) is 11.9 Å². The largest absolute Gasteiger partial charge is 0.346 e. The molecule has 0 spiro atoms. The molecule has 0 unspecified atom stereocenters. The monoisotopic (exact) mass is 357 g/mol. The molecule has 2 aliphatic rings. The second-order valence-electron chi connectivity index (χ2n) is 7.43. The van der Waals surface area contributed by atoms with Crippen molar-refractivity contribution in [1.29, 1.82) is 0 Å². The summed E-state index contributed by atoms with van der Waals surface area (Å²) in [5, 5.41) is 2.62. The molecule has 1 aromatic rings. The lowest BCUT2D eigenvalue weighted by atomic mass is 10.0. The van der Waals surface area contributed by atoms with E-state index in [1.165, 1.54) is 22.4 Å². The molecule has 1 aliphatic carbocycles. The molecule has 1 saturated heterocycles. The Morgan fingerprint density at radius 3 is 2.35 bits per heavy atom. The van der Waals surface area contributed by atoms with Gasteiger partial charge in [0.25, 0.3) is 0 Å². The first-order chi connectivity index (χ1) is 12.4. The van der Waals surface area contributed by atoms with Gasteiger partial charge in [-0.25, -0.2) is 0 Å². The molecule has 1 aromatic carbocycles. The zero-order chi connectivity index (χ0) is 18.7. The zero-order valence-corrected chi connectivity index (χ0v) is 15.6. The molecule has 1 aliphatic heterocycles. The van der Waals surface area contributed by atoms with Gasteiger partial charge in [0.05, 0.1) is 6.42 Å². The molecule has 3 amide bonds. The highest BCUT2D eigenvalue weighted by molar-refractivity contribution is 6.35. The van der Waals surface area contributed by atoms with Crippen molar-refractivity contribution in [2.24, 2.45) is 0 Å². The Hall–Kier alpha value is -2.37. The lowest BCUT2D eigenvalue weighted by Gasteiger charge is -2.34. The summed E-state index contributed by atoms with van der Waals surface area (Å²) >= 11 is 0. The second-order valence-corrected chi connectivity index (χ2v) is 7.43. The van der Waals surface area contributed by atoms with Gasteiger partial charge >= 0.3 is 11.8 Å². The van der Waals surface area contributed by atoms with Gasteiger partial charge in [0, 0.05) is 32.2 Å². The Bertz CT molecular complexity index is 706. The van der Waals surface area contributed by atoms with E-state index in [1.54, 1.807) is 4.90 Å². The van der Waals surface area contributed by atoms with Crippen LogP contribution >= 0.6 is 0 Å². The molecule has 6 nitrogen and oxygen atoms in total. The first kappa shape index (κ1) is 18.4. The molecule has 3 rings (SSSR count). The van der Waals surface area contributed by atoms with Crippen LogP contribution in [0.4, 0.5) is 0 Å². The maximum absolute atomic E-state index is 12.6. The number of aryl methyl sites for hydroxylation is 2. The minimum atomic E-state index is -0.571. The van der Waals surface area contributed by atoms with Gasteiger partial charge in [0.2, 0.25) is 5.91 Å². The molecule has 1 N–H and O–H groups in total. The lowest BCUT2D eigenvalue weighted by molar-refractivity contribution is -0.148. The van der Waals surface area contributed by atoms with Gasteiger partial charge in [-0.1, -0.05) is 18.2 Å². The fraction of sp³-hybridized carbons (Fsp3) is 0.550. The number of nitrogens with zero attached hydrogens (tertiary/aromatic N) is 2. The third-order valence-corrected chi connectivity index (χ3v) is 5.05. The van der Waals surface area contributed by atoms with Gasteiger partial charge in [0.15, 0.2) is 0 Å². The maximum atomic E-state index is 12.6. The molecule has 26 heavy (non-hydrogen) atoms. The molecule has 0 aromatic heterocycles. The fourth-order valence-electron chi connectivity index (χ4n) is 3.65. The Labute approximate surface area is 154 Å². The quantitative estimate of drug-likeness (QED) is 0.818. The van der Waals surface area contributed by atoms with Crippen LogP contribution in [0.2, 0.25) is 0 Å². The number of carbonyl (C=O) groups is 3. The highest BCUT2D eigenvalue weighted by atomic mass is 16.2. The number of hydrogen-bond donors (Lipinski definition) is 1. The number of fused-ring (bicyclic) bond motifs is 1. The Morgan fingerprint density at radius 2 is 1.65 bits per heavy atom. The standard InChI is InChI=1S/C20H27N3O3/c1-14(2)21-19(25)20(26)23-10-8-22(9-11-23)18(24)13-15-6-7-16-4-3-5-17(16)12-15/h6-7,12,14H,3-5,8-11,13H2,1-2H3,(H,21,25). The first-order valence-corrected chi connectivity index (χ1v) is 9.42. The van der Waals surface area contributed by atoms with Crippen LogP contribution in [0.5, 0.6) is 0 Å². The van der Waals surface area contributed by atoms with Gasteiger partial charge in [-0.05, 0) is 49.8 Å². The molecule has 0 radical (unpaired) electrons. The van der Waals surface area contributed by atoms with E-state index < -0.39 is 11.8 Å². The summed E-state index contributed by atoms with van der Waals surface area (Å²) in [5.74, 6) is -0.996. The number of hydrogen-bond acceptors (Lipinski definition) is 3. The van der Waals surface area contributed by atoms with E-state index in [2.05, 4.69) is 23.5 Å². The number of piperazine rings is 1. The first-order valence-electron chi connectivity index (χ1n) is 9.42. The summed E-state index contributed by atoms with van der Waals surface area (Å²) in [6.07, 6.45) is 3.85. The molecule has 0 atom stereocenters. The number of benzene rings is 1. The number of carbonyl (C=O) groups excluding carboxylic acids is 3. The average molecular weight is 357 g/mol. The summed E-state index contributed by atoms with van der Waals surface area (Å²) in [6.45, 7) is 5.40. The van der Waals surface area contributed by atoms with Crippen LogP contribution in [0.25, 0.3) is 0 Å². The second kappa shape index (κ2) is 7.89. The zero-order valence-electron chi connectivity index (χ0n) is 15.6. The van der Waals surface area contributed by atoms with Gasteiger partial charge in [-0.3, -0.25) is 14.4 Å². The molecule has 1 heterocycles. The van der Waals surface area contributed by atoms with Crippen LogP contribution in [0, 0.1) is 0 Å². The molecule has 6 heteroatoms. The summed E-state index contributed by atoms with van der Waals surface area (Å²) in [5.41, 5.74) is 3.85. The van der Waals surface area contributed by atoms with E-state index in [1.807, 2.05) is 13.8 Å². The van der Waals surface area contributed by atoms with Gasteiger partial charge < -0.3 is 15.1 Å². The van der Waals surface area contributed by atoms with Crippen LogP contribution in [0.3, 0.4) is 0 Å². The summed E-state index contributed by atoms with van der Waals surface area (Å²) in [4.78, 5) is 39.8. The highest BCUT2D eigenvalue weighted by Gasteiger charge is 2.28. The molecule has 0 bridgehead atoms. The van der Waals surface area contributed by atoms with Crippen LogP contribution < -0.4 is 5.32 Å². The average Bonchev–Trinajstić information content (AvgIpc) is 3.08. The van der Waals surface area contributed by atoms with Crippen LogP contribution in [0.1, 0.15) is 37.0 Å². The number of nitrogens with one attached hydrogen (secondary N) is 1. The van der Waals surface area contributed by atoms with Crippen LogP contribution in [-0.4, -0.2) is 59.7 Å². The lowest BCUT2D eigenvalue weighted by Crippen LogP contribution is -2.54. The fourth-order valence-corrected chi connectivity index (χ4v) is 3.65. The van der Waals surface area contributed by atoms with Gasteiger partial charge in [0.1, 0.15) is 0 Å². The normalized spacial score (nSPS) is 16.6. The third-order valence-electron chi connectivity index (χ3n) is 5.05. The smallest absolute Gasteiger partial charge is 0.312 e. The van der Waals surface area contributed by atoms with E-state index in [4.69, 9.17) is 0 Å². The van der Waals surface area contributed by atoms with E-state index in [0.29, 0.717) is 32.6 Å². The van der Waals surface area contributed by atoms with Crippen LogP contribution in [0.15, 0.2) is 18.2 Å². The van der Waals surface area contributed by atoms with E-state index in [9.17, 15) is 14.4 Å². The summed E-state index contributed by atoms with van der Waals surface area (Å²) < 4.78 is 0. The van der Waals surface area contributed by atoms with E-state index in [0.717, 1.165) is 18.4 Å². The van der Waals surface area contributed by atoms with Crippen molar-refractivity contribution in [1.82, 2.24) is 15.1 Å². The minimum absolute atomic E-state index is 0.0679. The topological polar surface area (TPSA) is 69.7 Å². The van der Waals surface area contributed by atoms with Crippen molar-refractivity contribution >= 4 is 17.7 Å². The Balaban J connectivity index is 1.50. The number of rotatable bonds is 3. The summed E-state index contributed by atoms with van der Waals surface area (Å²) in [7, 11) is 0. The molecule has 140 valence electrons. The van der Waals surface area contributed by atoms with Crippen molar-refractivity contribution in [3.8, 4) is 0 Å². The third kappa shape index (κ3) is 4.23. The van der Waals surface area contributed by atoms with Crippen molar-refractivity contribution in [2.75, 3.05) is 26.2 Å². The Morgan fingerprint density at radius 1 is 1.00 bits per heavy atom. The van der Waals surface area contributed by atoms with Crippen molar-refractivity contribution in [3.63, 3.8) is 0 Å². The molecular formula is C20H27N3O3. The van der Waals surface area contributed by atoms with Crippen molar-refractivity contribution < 1.29 is 14.4 Å². The van der Waals surface area contributed by atoms with Crippen molar-refractivity contribution in [3.05, 3.63) is 34.9 Å². The van der Waals surface area contributed by atoms with Gasteiger partial charge in [-0.15, -0.1) is 0 Å². The summed E-state index contributed by atoms with van der Waals surface area (Å²) in [6, 6.07) is 6.30. The number of amides is 3. The van der Waals surface area contributed by atoms with Gasteiger partial charge in [-0.2, -0.15) is 0 Å². The predicted molar refractivity (Wildman–Crippen MR) is 98.6 cm³/mol. The highest BCUT2D eigenvalue weighted by Crippen LogP contribution is 2.23. The minimum Gasteiger partial charge on any atom is -0.346 e. The molecule has 0 saturated carbocycles. The van der Waals surface area contributed by atoms with Crippen LogP contribution in [-0.2, 0) is 33.6 Å². The molecule has 1 fully saturated rings.